The molecule has 2 amide bonds. The summed E-state index contributed by atoms with van der Waals surface area (Å²) >= 11 is 0. The van der Waals surface area contributed by atoms with Gasteiger partial charge < -0.3 is 25.3 Å². The van der Waals surface area contributed by atoms with Crippen molar-refractivity contribution in [3.8, 4) is 5.75 Å². The molecule has 0 bridgehead atoms. The number of anilines is 4. The van der Waals surface area contributed by atoms with Gasteiger partial charge in [-0.1, -0.05) is 11.1 Å². The number of carbonyl (C=O) groups excluding carboxylic acids is 2. The summed E-state index contributed by atoms with van der Waals surface area (Å²) in [4.78, 5) is 36.7. The van der Waals surface area contributed by atoms with E-state index < -0.39 is 11.7 Å². The number of nitrogens with zero attached hydrogens (tertiary/aromatic N) is 3. The zero-order valence-electron chi connectivity index (χ0n) is 20.9. The van der Waals surface area contributed by atoms with Crippen molar-refractivity contribution in [3.63, 3.8) is 0 Å². The van der Waals surface area contributed by atoms with Crippen molar-refractivity contribution in [2.75, 3.05) is 31.8 Å². The Labute approximate surface area is 216 Å². The Morgan fingerprint density at radius 1 is 1.18 bits per heavy atom. The van der Waals surface area contributed by atoms with Gasteiger partial charge in [-0.3, -0.25) is 19.9 Å². The molecule has 38 heavy (non-hydrogen) atoms. The Hall–Kier alpha value is -5.13. The lowest BCUT2D eigenvalue weighted by molar-refractivity contribution is -0.333. The fraction of sp³-hybridized carbons (Fsp3) is 0.154. The lowest BCUT2D eigenvalue weighted by atomic mass is 10.1. The summed E-state index contributed by atoms with van der Waals surface area (Å²) in [7, 11) is 4.99. The van der Waals surface area contributed by atoms with Crippen LogP contribution in [0.1, 0.15) is 10.4 Å². The number of hydrogen-bond donors (Lipinski definition) is 4. The van der Waals surface area contributed by atoms with Gasteiger partial charge in [-0.15, -0.1) is 0 Å². The van der Waals surface area contributed by atoms with Crippen LogP contribution >= 0.6 is 0 Å². The molecule has 5 aromatic rings. The van der Waals surface area contributed by atoms with Gasteiger partial charge in [-0.05, 0) is 30.3 Å². The van der Waals surface area contributed by atoms with Gasteiger partial charge in [0.2, 0.25) is 17.4 Å². The largest absolute Gasteiger partial charge is 0.493 e. The Morgan fingerprint density at radius 2 is 2.00 bits per heavy atom. The summed E-state index contributed by atoms with van der Waals surface area (Å²) in [6.07, 6.45) is 3.57. The van der Waals surface area contributed by atoms with Gasteiger partial charge in [0.15, 0.2) is 5.75 Å². The zero-order valence-corrected chi connectivity index (χ0v) is 20.9. The van der Waals surface area contributed by atoms with Crippen molar-refractivity contribution in [1.29, 1.82) is 0 Å². The number of methoxy groups -OCH3 is 1. The number of primary amides is 1. The zero-order chi connectivity index (χ0) is 27.0. The van der Waals surface area contributed by atoms with E-state index in [1.807, 2.05) is 29.0 Å². The maximum absolute atomic E-state index is 14.3. The van der Waals surface area contributed by atoms with Crippen LogP contribution in [0.15, 0.2) is 54.9 Å². The second-order valence-corrected chi connectivity index (χ2v) is 8.82. The summed E-state index contributed by atoms with van der Waals surface area (Å²) in [5, 5.41) is 7.86. The first kappa shape index (κ1) is 24.6. The van der Waals surface area contributed by atoms with Gasteiger partial charge in [0.1, 0.15) is 18.0 Å². The monoisotopic (exact) mass is 517 g/mol. The SMILES string of the molecule is COc1cc2ccn(CC(=O)N(C)C)c2cc1Nc1nc(Nc2cccc(F)c2C(N)=O)c2cc[nH]c2[nH+]1. The lowest BCUT2D eigenvalue weighted by Gasteiger charge is -2.13. The molecule has 0 atom stereocenters. The van der Waals surface area contributed by atoms with Crippen LogP contribution in [-0.2, 0) is 11.3 Å². The average Bonchev–Trinajstić information content (AvgIpc) is 3.50. The standard InChI is InChI=1S/C26H25FN8O3/c1-34(2)21(36)13-35-10-8-14-11-20(38-3)18(12-19(14)35)31-26-32-24-15(7-9-29-24)25(33-26)30-17-6-4-5-16(27)22(17)23(28)37/h4-12H,13H2,1-3H3,(H2,28,37)(H3,29,30,31,32,33)/p+1. The summed E-state index contributed by atoms with van der Waals surface area (Å²) in [5.41, 5.74) is 7.39. The van der Waals surface area contributed by atoms with Gasteiger partial charge in [0.05, 0.1) is 29.3 Å². The van der Waals surface area contributed by atoms with Gasteiger partial charge >= 0.3 is 5.95 Å². The maximum Gasteiger partial charge on any atom is 0.351 e. The molecular formula is C26H26FN8O3+. The van der Waals surface area contributed by atoms with Crippen LogP contribution in [0.5, 0.6) is 5.75 Å². The number of fused-ring (bicyclic) bond motifs is 2. The number of amides is 2. The van der Waals surface area contributed by atoms with Gasteiger partial charge in [0.25, 0.3) is 5.91 Å². The second-order valence-electron chi connectivity index (χ2n) is 8.82. The van der Waals surface area contributed by atoms with E-state index in [1.165, 1.54) is 17.0 Å². The fourth-order valence-corrected chi connectivity index (χ4v) is 4.19. The molecule has 12 heteroatoms. The number of halogens is 1. The number of aromatic amines is 2. The summed E-state index contributed by atoms with van der Waals surface area (Å²) in [5.74, 6) is -0.418. The lowest BCUT2D eigenvalue weighted by Crippen LogP contribution is -2.25. The summed E-state index contributed by atoms with van der Waals surface area (Å²) < 4.78 is 21.8. The van der Waals surface area contributed by atoms with Gasteiger partial charge in [-0.25, -0.2) is 9.37 Å². The van der Waals surface area contributed by atoms with Crippen LogP contribution in [0, 0.1) is 5.82 Å². The number of aromatic nitrogens is 4. The van der Waals surface area contributed by atoms with Crippen LogP contribution in [0.25, 0.3) is 21.9 Å². The van der Waals surface area contributed by atoms with Gasteiger partial charge in [-0.2, -0.15) is 0 Å². The maximum atomic E-state index is 14.3. The number of hydrogen-bond acceptors (Lipinski definition) is 6. The van der Waals surface area contributed by atoms with E-state index in [-0.39, 0.29) is 23.7 Å². The molecule has 0 radical (unpaired) electrons. The first-order valence-electron chi connectivity index (χ1n) is 11.6. The number of rotatable bonds is 8. The molecule has 0 saturated heterocycles. The Balaban J connectivity index is 1.55. The van der Waals surface area contributed by atoms with Crippen molar-refractivity contribution in [2.24, 2.45) is 5.73 Å². The molecular weight excluding hydrogens is 491 g/mol. The Bertz CT molecular complexity index is 1690. The first-order chi connectivity index (χ1) is 18.2. The smallest absolute Gasteiger partial charge is 0.351 e. The molecule has 0 unspecified atom stereocenters. The second kappa shape index (κ2) is 9.73. The minimum absolute atomic E-state index is 0.0385. The van der Waals surface area contributed by atoms with Crippen molar-refractivity contribution >= 4 is 56.9 Å². The Kier molecular flexibility index (Phi) is 6.29. The van der Waals surface area contributed by atoms with Crippen molar-refractivity contribution < 1.29 is 23.7 Å². The van der Waals surface area contributed by atoms with E-state index >= 15 is 0 Å². The predicted octanol–water partition coefficient (Wildman–Crippen LogP) is 3.15. The molecule has 0 aliphatic carbocycles. The van der Waals surface area contributed by atoms with Crippen LogP contribution < -0.4 is 26.1 Å². The molecule has 0 fully saturated rings. The normalized spacial score (nSPS) is 11.1. The first-order valence-corrected chi connectivity index (χ1v) is 11.6. The molecule has 3 heterocycles. The average molecular weight is 518 g/mol. The van der Waals surface area contributed by atoms with E-state index in [4.69, 9.17) is 10.5 Å². The number of nitrogens with one attached hydrogen (secondary N) is 4. The number of likely N-dealkylation sites (N-methyl/N-ethyl adjacent to an activating group) is 1. The quantitative estimate of drug-likeness (QED) is 0.249. The highest BCUT2D eigenvalue weighted by molar-refractivity contribution is 6.00. The number of H-pyrrole nitrogens is 2. The molecule has 11 nitrogen and oxygen atoms in total. The van der Waals surface area contributed by atoms with E-state index in [2.05, 4.69) is 25.6 Å². The number of ether oxygens (including phenoxy) is 1. The molecule has 2 aromatic carbocycles. The molecule has 6 N–H and O–H groups in total. The molecule has 5 rings (SSSR count). The minimum Gasteiger partial charge on any atom is -0.493 e. The highest BCUT2D eigenvalue weighted by atomic mass is 19.1. The topological polar surface area (TPSA) is 144 Å². The molecule has 0 saturated carbocycles. The number of carbonyl (C=O) groups is 2. The van der Waals surface area contributed by atoms with Crippen LogP contribution in [0.2, 0.25) is 0 Å². The van der Waals surface area contributed by atoms with Crippen molar-refractivity contribution in [3.05, 3.63) is 66.2 Å². The molecule has 194 valence electrons. The minimum atomic E-state index is -0.898. The highest BCUT2D eigenvalue weighted by Crippen LogP contribution is 2.33. The predicted molar refractivity (Wildman–Crippen MR) is 141 cm³/mol. The van der Waals surface area contributed by atoms with Crippen LogP contribution in [0.4, 0.5) is 27.5 Å². The summed E-state index contributed by atoms with van der Waals surface area (Å²) in [6.45, 7) is 0.185. The Morgan fingerprint density at radius 3 is 2.74 bits per heavy atom. The molecule has 3 aromatic heterocycles. The third-order valence-electron chi connectivity index (χ3n) is 6.13. The van der Waals surface area contributed by atoms with Gasteiger partial charge in [0, 0.05) is 37.9 Å². The highest BCUT2D eigenvalue weighted by Gasteiger charge is 2.21. The van der Waals surface area contributed by atoms with E-state index in [0.717, 1.165) is 10.9 Å². The van der Waals surface area contributed by atoms with Crippen molar-refractivity contribution in [1.82, 2.24) is 19.4 Å². The van der Waals surface area contributed by atoms with E-state index in [0.29, 0.717) is 34.2 Å². The third kappa shape index (κ3) is 4.54. The molecule has 0 spiro atoms. The third-order valence-corrected chi connectivity index (χ3v) is 6.13. The van der Waals surface area contributed by atoms with Crippen LogP contribution in [0.3, 0.4) is 0 Å². The number of nitrogens with two attached hydrogens (primary N) is 1. The van der Waals surface area contributed by atoms with E-state index in [9.17, 15) is 14.0 Å². The molecule has 0 aliphatic rings. The van der Waals surface area contributed by atoms with Crippen LogP contribution in [-0.4, -0.2) is 52.5 Å². The number of benzene rings is 2. The van der Waals surface area contributed by atoms with Crippen molar-refractivity contribution in [2.45, 2.75) is 6.54 Å². The fourth-order valence-electron chi connectivity index (χ4n) is 4.19. The molecule has 0 aliphatic heterocycles. The summed E-state index contributed by atoms with van der Waals surface area (Å²) in [6, 6.07) is 11.6. The van der Waals surface area contributed by atoms with E-state index in [1.54, 1.807) is 39.5 Å².